The van der Waals surface area contributed by atoms with E-state index in [0.717, 1.165) is 20.1 Å². The Bertz CT molecular complexity index is 874. The molecule has 0 aliphatic rings. The molecule has 0 spiro atoms. The Morgan fingerprint density at radius 2 is 1.38 bits per heavy atom. The molecule has 2 N–H and O–H groups in total. The van der Waals surface area contributed by atoms with Crippen LogP contribution in [0.4, 0.5) is 0 Å². The van der Waals surface area contributed by atoms with Crippen molar-refractivity contribution in [2.24, 2.45) is 0 Å². The van der Waals surface area contributed by atoms with Gasteiger partial charge in [0.25, 0.3) is 11.8 Å². The lowest BCUT2D eigenvalue weighted by Gasteiger charge is -2.15. The van der Waals surface area contributed by atoms with Crippen molar-refractivity contribution >= 4 is 43.7 Å². The minimum absolute atomic E-state index is 0.0895. The monoisotopic (exact) mass is 526 g/mol. The number of hydrogen-bond acceptors (Lipinski definition) is 4. The second kappa shape index (κ2) is 11.2. The summed E-state index contributed by atoms with van der Waals surface area (Å²) in [6.07, 6.45) is 0. The molecule has 1 unspecified atom stereocenters. The highest BCUT2D eigenvalue weighted by Crippen LogP contribution is 2.22. The Balaban J connectivity index is 1.66. The smallest absolute Gasteiger partial charge is 0.258 e. The van der Waals surface area contributed by atoms with Crippen molar-refractivity contribution < 1.29 is 19.1 Å². The Labute approximate surface area is 187 Å². The summed E-state index contributed by atoms with van der Waals surface area (Å²) in [5.41, 5.74) is 2.05. The van der Waals surface area contributed by atoms with Gasteiger partial charge in [-0.25, -0.2) is 0 Å². The van der Waals surface area contributed by atoms with Crippen LogP contribution in [0.3, 0.4) is 0 Å². The van der Waals surface area contributed by atoms with Gasteiger partial charge in [0.05, 0.1) is 0 Å². The molecule has 0 radical (unpaired) electrons. The summed E-state index contributed by atoms with van der Waals surface area (Å²) in [5.74, 6) is 0.742. The maximum Gasteiger partial charge on any atom is 0.258 e. The summed E-state index contributed by atoms with van der Waals surface area (Å²) in [7, 11) is 0. The average molecular weight is 528 g/mol. The van der Waals surface area contributed by atoms with Crippen molar-refractivity contribution in [2.75, 3.05) is 19.8 Å². The normalized spacial score (nSPS) is 11.5. The topological polar surface area (TPSA) is 76.7 Å². The largest absolute Gasteiger partial charge is 0.484 e. The van der Waals surface area contributed by atoms with Gasteiger partial charge in [-0.1, -0.05) is 31.9 Å². The molecule has 0 saturated carbocycles. The highest BCUT2D eigenvalue weighted by atomic mass is 79.9. The number of nitrogens with one attached hydrogen (secondary N) is 2. The van der Waals surface area contributed by atoms with Gasteiger partial charge in [0.15, 0.2) is 13.2 Å². The third-order valence-corrected chi connectivity index (χ3v) is 5.79. The van der Waals surface area contributed by atoms with Crippen LogP contribution in [-0.4, -0.2) is 37.6 Å². The molecule has 0 heterocycles. The van der Waals surface area contributed by atoms with Gasteiger partial charge in [-0.2, -0.15) is 0 Å². The summed E-state index contributed by atoms with van der Waals surface area (Å²) in [4.78, 5) is 23.9. The van der Waals surface area contributed by atoms with Gasteiger partial charge in [0.2, 0.25) is 0 Å². The molecule has 6 nitrogen and oxygen atoms in total. The second-order valence-corrected chi connectivity index (χ2v) is 8.38. The summed E-state index contributed by atoms with van der Waals surface area (Å²) in [6, 6.07) is 10.8. The Morgan fingerprint density at radius 3 is 1.86 bits per heavy atom. The minimum atomic E-state index is -0.256. The van der Waals surface area contributed by atoms with Crippen molar-refractivity contribution in [3.05, 3.63) is 56.5 Å². The van der Waals surface area contributed by atoms with E-state index >= 15 is 0 Å². The molecule has 0 saturated heterocycles. The lowest BCUT2D eigenvalue weighted by Crippen LogP contribution is -2.44. The third kappa shape index (κ3) is 8.06. The number of aryl methyl sites for hydroxylation is 2. The van der Waals surface area contributed by atoms with Crippen molar-refractivity contribution in [2.45, 2.75) is 26.8 Å². The van der Waals surface area contributed by atoms with E-state index in [4.69, 9.17) is 9.47 Å². The van der Waals surface area contributed by atoms with E-state index in [1.165, 1.54) is 0 Å². The van der Waals surface area contributed by atoms with E-state index < -0.39 is 0 Å². The minimum Gasteiger partial charge on any atom is -0.484 e. The van der Waals surface area contributed by atoms with Crippen molar-refractivity contribution in [1.82, 2.24) is 10.6 Å². The number of carbonyl (C=O) groups is 2. The van der Waals surface area contributed by atoms with Crippen molar-refractivity contribution in [3.8, 4) is 11.5 Å². The number of ether oxygens (including phenoxy) is 2. The fourth-order valence-electron chi connectivity index (χ4n) is 2.40. The number of carbonyl (C=O) groups excluding carboxylic acids is 2. The molecule has 0 aromatic heterocycles. The molecule has 2 amide bonds. The van der Waals surface area contributed by atoms with Crippen molar-refractivity contribution in [1.29, 1.82) is 0 Å². The molecule has 2 aromatic rings. The number of benzene rings is 2. The molecule has 0 aliphatic heterocycles. The number of halogens is 2. The van der Waals surface area contributed by atoms with Crippen LogP contribution in [0.15, 0.2) is 45.3 Å². The van der Waals surface area contributed by atoms with Crippen LogP contribution in [-0.2, 0) is 9.59 Å². The number of hydrogen-bond donors (Lipinski definition) is 2. The van der Waals surface area contributed by atoms with Gasteiger partial charge in [-0.15, -0.1) is 0 Å². The maximum atomic E-state index is 12.0. The standard InChI is InChI=1S/C21H24Br2N2O4/c1-13-8-16(4-6-18(13)22)28-11-20(26)24-10-15(3)25-21(27)12-29-17-5-7-19(23)14(2)9-17/h4-9,15H,10-12H2,1-3H3,(H,24,26)(H,25,27). The molecule has 0 aliphatic carbocycles. The van der Waals surface area contributed by atoms with E-state index in [9.17, 15) is 9.59 Å². The summed E-state index contributed by atoms with van der Waals surface area (Å²) >= 11 is 6.84. The molecule has 0 bridgehead atoms. The van der Waals surface area contributed by atoms with Crippen molar-refractivity contribution in [3.63, 3.8) is 0 Å². The first-order valence-electron chi connectivity index (χ1n) is 9.08. The number of amides is 2. The molecule has 2 aromatic carbocycles. The van der Waals surface area contributed by atoms with Crippen LogP contribution in [0, 0.1) is 13.8 Å². The van der Waals surface area contributed by atoms with Crippen LogP contribution < -0.4 is 20.1 Å². The Kier molecular flexibility index (Phi) is 8.98. The van der Waals surface area contributed by atoms with Crippen LogP contribution in [0.5, 0.6) is 11.5 Å². The highest BCUT2D eigenvalue weighted by molar-refractivity contribution is 9.10. The van der Waals surface area contributed by atoms with E-state index in [2.05, 4.69) is 42.5 Å². The highest BCUT2D eigenvalue weighted by Gasteiger charge is 2.11. The fourth-order valence-corrected chi connectivity index (χ4v) is 2.89. The Morgan fingerprint density at radius 1 is 0.897 bits per heavy atom. The molecule has 2 rings (SSSR count). The van der Waals surface area contributed by atoms with E-state index in [0.29, 0.717) is 18.0 Å². The lowest BCUT2D eigenvalue weighted by molar-refractivity contribution is -0.125. The van der Waals surface area contributed by atoms with E-state index in [-0.39, 0.29) is 31.1 Å². The average Bonchev–Trinajstić information content (AvgIpc) is 2.68. The van der Waals surface area contributed by atoms with Gasteiger partial charge < -0.3 is 20.1 Å². The molecular weight excluding hydrogens is 504 g/mol. The zero-order valence-corrected chi connectivity index (χ0v) is 19.7. The van der Waals surface area contributed by atoms with E-state index in [1.54, 1.807) is 19.1 Å². The Hall–Kier alpha value is -2.06. The SMILES string of the molecule is Cc1cc(OCC(=O)NCC(C)NC(=O)COc2ccc(Br)c(C)c2)ccc1Br. The molecule has 156 valence electrons. The van der Waals surface area contributed by atoms with Gasteiger partial charge in [-0.3, -0.25) is 9.59 Å². The zero-order valence-electron chi connectivity index (χ0n) is 16.6. The van der Waals surface area contributed by atoms with Gasteiger partial charge in [0.1, 0.15) is 11.5 Å². The van der Waals surface area contributed by atoms with Crippen LogP contribution in [0.1, 0.15) is 18.1 Å². The van der Waals surface area contributed by atoms with Crippen LogP contribution in [0.2, 0.25) is 0 Å². The first kappa shape index (κ1) is 23.2. The lowest BCUT2D eigenvalue weighted by atomic mass is 10.2. The molecule has 29 heavy (non-hydrogen) atoms. The van der Waals surface area contributed by atoms with Gasteiger partial charge >= 0.3 is 0 Å². The quantitative estimate of drug-likeness (QED) is 0.518. The van der Waals surface area contributed by atoms with Crippen LogP contribution in [0.25, 0.3) is 0 Å². The third-order valence-electron chi connectivity index (χ3n) is 4.01. The first-order chi connectivity index (χ1) is 13.7. The predicted octanol–water partition coefficient (Wildman–Crippen LogP) is 3.91. The zero-order chi connectivity index (χ0) is 21.4. The summed E-state index contributed by atoms with van der Waals surface area (Å²) in [5, 5.41) is 5.52. The van der Waals surface area contributed by atoms with Gasteiger partial charge in [0, 0.05) is 21.5 Å². The summed E-state index contributed by atoms with van der Waals surface area (Å²) < 4.78 is 12.9. The second-order valence-electron chi connectivity index (χ2n) is 6.67. The predicted molar refractivity (Wildman–Crippen MR) is 119 cm³/mol. The number of rotatable bonds is 9. The first-order valence-corrected chi connectivity index (χ1v) is 10.7. The fraction of sp³-hybridized carbons (Fsp3) is 0.333. The molecule has 1 atom stereocenters. The van der Waals surface area contributed by atoms with Crippen LogP contribution >= 0.6 is 31.9 Å². The van der Waals surface area contributed by atoms with E-state index in [1.807, 2.05) is 38.1 Å². The summed E-state index contributed by atoms with van der Waals surface area (Å²) in [6.45, 7) is 5.82. The molecular formula is C21H24Br2N2O4. The van der Waals surface area contributed by atoms with Gasteiger partial charge in [-0.05, 0) is 68.3 Å². The molecule has 8 heteroatoms. The maximum absolute atomic E-state index is 12.0. The molecule has 0 fully saturated rings.